The van der Waals surface area contributed by atoms with E-state index in [2.05, 4.69) is 15.2 Å². The van der Waals surface area contributed by atoms with Crippen LogP contribution in [0.15, 0.2) is 23.2 Å². The Morgan fingerprint density at radius 2 is 2.19 bits per heavy atom. The first kappa shape index (κ1) is 21.5. The van der Waals surface area contributed by atoms with E-state index in [0.29, 0.717) is 36.0 Å². The van der Waals surface area contributed by atoms with Gasteiger partial charge in [-0.05, 0) is 38.1 Å². The number of hydrogen-bond donors (Lipinski definition) is 2. The van der Waals surface area contributed by atoms with Crippen molar-refractivity contribution in [2.45, 2.75) is 26.7 Å². The van der Waals surface area contributed by atoms with Gasteiger partial charge in [-0.3, -0.25) is 9.36 Å². The number of thiophene rings is 1. The monoisotopic (exact) mass is 443 g/mol. The number of piperidine rings is 1. The standard InChI is InChI=1S/C21H29N7O2S/c1-3-26(4-2)20(30)15-6-5-9-27(12-15)21-24-18(22-8-10-29)17-19(25-21)28(14-23-17)16-7-11-31-13-16/h7,11,13-15,29H,3-6,8-10,12H2,1-2H3,(H,22,24,25). The van der Waals surface area contributed by atoms with Gasteiger partial charge in [-0.2, -0.15) is 21.3 Å². The highest BCUT2D eigenvalue weighted by Gasteiger charge is 2.30. The Balaban J connectivity index is 1.69. The SMILES string of the molecule is CCN(CC)C(=O)C1CCCN(c2nc(NCCO)c3ncn(-c4ccsc4)c3n2)C1. The van der Waals surface area contributed by atoms with Crippen LogP contribution in [-0.2, 0) is 4.79 Å². The Morgan fingerprint density at radius 1 is 1.35 bits per heavy atom. The van der Waals surface area contributed by atoms with Crippen LogP contribution in [0.4, 0.5) is 11.8 Å². The summed E-state index contributed by atoms with van der Waals surface area (Å²) in [5.41, 5.74) is 2.37. The van der Waals surface area contributed by atoms with Crippen molar-refractivity contribution in [1.29, 1.82) is 0 Å². The summed E-state index contributed by atoms with van der Waals surface area (Å²) in [5.74, 6) is 1.34. The molecule has 4 heterocycles. The fourth-order valence-corrected chi connectivity index (χ4v) is 4.69. The van der Waals surface area contributed by atoms with Crippen molar-refractivity contribution in [1.82, 2.24) is 24.4 Å². The molecule has 9 nitrogen and oxygen atoms in total. The summed E-state index contributed by atoms with van der Waals surface area (Å²) in [7, 11) is 0. The quantitative estimate of drug-likeness (QED) is 0.551. The first-order valence-corrected chi connectivity index (χ1v) is 11.8. The van der Waals surface area contributed by atoms with Crippen molar-refractivity contribution >= 4 is 40.2 Å². The Kier molecular flexibility index (Phi) is 6.67. The Bertz CT molecular complexity index is 1020. The topological polar surface area (TPSA) is 99.4 Å². The first-order chi connectivity index (χ1) is 15.2. The molecule has 0 saturated carbocycles. The first-order valence-electron chi connectivity index (χ1n) is 10.8. The van der Waals surface area contributed by atoms with Crippen LogP contribution in [0.25, 0.3) is 16.9 Å². The molecular weight excluding hydrogens is 414 g/mol. The summed E-state index contributed by atoms with van der Waals surface area (Å²) >= 11 is 1.61. The summed E-state index contributed by atoms with van der Waals surface area (Å²) < 4.78 is 1.95. The fourth-order valence-electron chi connectivity index (χ4n) is 4.06. The van der Waals surface area contributed by atoms with Crippen molar-refractivity contribution in [3.8, 4) is 5.69 Å². The van der Waals surface area contributed by atoms with Gasteiger partial charge in [0.2, 0.25) is 11.9 Å². The molecule has 1 amide bonds. The minimum absolute atomic E-state index is 0.00374. The van der Waals surface area contributed by atoms with E-state index in [0.717, 1.165) is 38.2 Å². The second-order valence-electron chi connectivity index (χ2n) is 7.59. The Labute approximate surface area is 185 Å². The largest absolute Gasteiger partial charge is 0.395 e. The second-order valence-corrected chi connectivity index (χ2v) is 8.37. The zero-order valence-corrected chi connectivity index (χ0v) is 18.8. The number of aromatic nitrogens is 4. The lowest BCUT2D eigenvalue weighted by molar-refractivity contribution is -0.135. The lowest BCUT2D eigenvalue weighted by Crippen LogP contribution is -2.45. The van der Waals surface area contributed by atoms with E-state index in [1.807, 2.05) is 40.1 Å². The van der Waals surface area contributed by atoms with Crippen molar-refractivity contribution in [2.75, 3.05) is 49.5 Å². The highest BCUT2D eigenvalue weighted by molar-refractivity contribution is 7.08. The molecule has 166 valence electrons. The maximum absolute atomic E-state index is 12.9. The molecule has 1 fully saturated rings. The third-order valence-electron chi connectivity index (χ3n) is 5.70. The van der Waals surface area contributed by atoms with Gasteiger partial charge in [0.15, 0.2) is 17.0 Å². The normalized spacial score (nSPS) is 16.6. The van der Waals surface area contributed by atoms with E-state index in [4.69, 9.17) is 9.97 Å². The molecular formula is C21H29N7O2S. The molecule has 1 aliphatic heterocycles. The number of fused-ring (bicyclic) bond motifs is 1. The smallest absolute Gasteiger partial charge is 0.229 e. The van der Waals surface area contributed by atoms with E-state index in [1.165, 1.54) is 0 Å². The summed E-state index contributed by atoms with van der Waals surface area (Å²) in [5, 5.41) is 16.5. The molecule has 0 aromatic carbocycles. The summed E-state index contributed by atoms with van der Waals surface area (Å²) in [4.78, 5) is 31.0. The predicted molar refractivity (Wildman–Crippen MR) is 123 cm³/mol. The van der Waals surface area contributed by atoms with E-state index < -0.39 is 0 Å². The van der Waals surface area contributed by atoms with Crippen molar-refractivity contribution in [2.24, 2.45) is 5.92 Å². The average molecular weight is 444 g/mol. The van der Waals surface area contributed by atoms with Crippen LogP contribution < -0.4 is 10.2 Å². The summed E-state index contributed by atoms with van der Waals surface area (Å²) in [6.07, 6.45) is 3.55. The van der Waals surface area contributed by atoms with Crippen molar-refractivity contribution in [3.63, 3.8) is 0 Å². The molecule has 0 radical (unpaired) electrons. The number of carbonyl (C=O) groups excluding carboxylic acids is 1. The second kappa shape index (κ2) is 9.61. The lowest BCUT2D eigenvalue weighted by Gasteiger charge is -2.34. The van der Waals surface area contributed by atoms with Crippen LogP contribution in [-0.4, -0.2) is 74.8 Å². The fraction of sp³-hybridized carbons (Fsp3) is 0.524. The van der Waals surface area contributed by atoms with Crippen LogP contribution in [0, 0.1) is 5.92 Å². The van der Waals surface area contributed by atoms with Crippen LogP contribution in [0.1, 0.15) is 26.7 Å². The highest BCUT2D eigenvalue weighted by Crippen LogP contribution is 2.28. The molecule has 2 N–H and O–H groups in total. The number of anilines is 2. The number of nitrogens with one attached hydrogen (secondary N) is 1. The molecule has 1 saturated heterocycles. The van der Waals surface area contributed by atoms with E-state index in [-0.39, 0.29) is 18.4 Å². The number of carbonyl (C=O) groups is 1. The van der Waals surface area contributed by atoms with Gasteiger partial charge in [-0.15, -0.1) is 0 Å². The molecule has 0 bridgehead atoms. The number of aliphatic hydroxyl groups is 1. The van der Waals surface area contributed by atoms with Gasteiger partial charge in [-0.1, -0.05) is 0 Å². The molecule has 4 rings (SSSR count). The summed E-state index contributed by atoms with van der Waals surface area (Å²) in [6, 6.07) is 2.02. The van der Waals surface area contributed by atoms with Crippen LogP contribution in [0.2, 0.25) is 0 Å². The van der Waals surface area contributed by atoms with Gasteiger partial charge in [0.05, 0.1) is 18.2 Å². The molecule has 1 aliphatic rings. The number of amides is 1. The van der Waals surface area contributed by atoms with Crippen LogP contribution in [0.3, 0.4) is 0 Å². The van der Waals surface area contributed by atoms with Crippen LogP contribution >= 0.6 is 11.3 Å². The number of nitrogens with zero attached hydrogens (tertiary/aromatic N) is 6. The Hall–Kier alpha value is -2.72. The molecule has 10 heteroatoms. The van der Waals surface area contributed by atoms with Gasteiger partial charge in [-0.25, -0.2) is 4.98 Å². The molecule has 0 aliphatic carbocycles. The lowest BCUT2D eigenvalue weighted by atomic mass is 9.96. The van der Waals surface area contributed by atoms with E-state index in [1.54, 1.807) is 17.7 Å². The molecule has 31 heavy (non-hydrogen) atoms. The summed E-state index contributed by atoms with van der Waals surface area (Å²) in [6.45, 7) is 7.27. The van der Waals surface area contributed by atoms with Gasteiger partial charge >= 0.3 is 0 Å². The Morgan fingerprint density at radius 3 is 2.90 bits per heavy atom. The zero-order valence-electron chi connectivity index (χ0n) is 18.0. The van der Waals surface area contributed by atoms with Crippen LogP contribution in [0.5, 0.6) is 0 Å². The van der Waals surface area contributed by atoms with Crippen molar-refractivity contribution in [3.05, 3.63) is 23.2 Å². The van der Waals surface area contributed by atoms with Gasteiger partial charge in [0, 0.05) is 38.1 Å². The predicted octanol–water partition coefficient (Wildman–Crippen LogP) is 2.37. The zero-order chi connectivity index (χ0) is 21.8. The molecule has 0 spiro atoms. The maximum atomic E-state index is 12.9. The average Bonchev–Trinajstić information content (AvgIpc) is 3.48. The third-order valence-corrected chi connectivity index (χ3v) is 6.37. The van der Waals surface area contributed by atoms with Gasteiger partial charge in [0.1, 0.15) is 6.33 Å². The molecule has 1 atom stereocenters. The minimum Gasteiger partial charge on any atom is -0.395 e. The third kappa shape index (κ3) is 4.35. The minimum atomic E-state index is -0.0522. The number of imidazole rings is 1. The molecule has 3 aromatic rings. The van der Waals surface area contributed by atoms with Crippen molar-refractivity contribution < 1.29 is 9.90 Å². The molecule has 1 unspecified atom stereocenters. The van der Waals surface area contributed by atoms with E-state index >= 15 is 0 Å². The molecule has 3 aromatic heterocycles. The number of hydrogen-bond acceptors (Lipinski definition) is 8. The van der Waals surface area contributed by atoms with Gasteiger partial charge in [0.25, 0.3) is 0 Å². The highest BCUT2D eigenvalue weighted by atomic mass is 32.1. The van der Waals surface area contributed by atoms with Gasteiger partial charge < -0.3 is 20.2 Å². The maximum Gasteiger partial charge on any atom is 0.229 e. The number of rotatable bonds is 8. The number of aliphatic hydroxyl groups excluding tert-OH is 1. The van der Waals surface area contributed by atoms with E-state index in [9.17, 15) is 9.90 Å².